The number of nitrogens with two attached hydrogens (primary N) is 1. The first-order valence-corrected chi connectivity index (χ1v) is 7.02. The molecule has 0 saturated heterocycles. The minimum atomic E-state index is -0.133. The van der Waals surface area contributed by atoms with Gasteiger partial charge in [0.25, 0.3) is 5.91 Å². The van der Waals surface area contributed by atoms with Gasteiger partial charge in [-0.15, -0.1) is 0 Å². The van der Waals surface area contributed by atoms with Gasteiger partial charge in [-0.2, -0.15) is 0 Å². The van der Waals surface area contributed by atoms with Crippen LogP contribution in [0.2, 0.25) is 0 Å². The molecule has 110 valence electrons. The third-order valence-electron chi connectivity index (χ3n) is 3.51. The van der Waals surface area contributed by atoms with Gasteiger partial charge in [0.15, 0.2) is 0 Å². The number of benzene rings is 2. The van der Waals surface area contributed by atoms with Crippen LogP contribution in [0.1, 0.15) is 28.8 Å². The Balaban J connectivity index is 2.02. The molecule has 0 bridgehead atoms. The quantitative estimate of drug-likeness (QED) is 0.739. The zero-order valence-electron chi connectivity index (χ0n) is 12.4. The molecule has 0 aliphatic rings. The Labute approximate surface area is 125 Å². The van der Waals surface area contributed by atoms with E-state index in [9.17, 15) is 4.79 Å². The van der Waals surface area contributed by atoms with E-state index in [4.69, 9.17) is 5.73 Å². The van der Waals surface area contributed by atoms with Gasteiger partial charge in [0.2, 0.25) is 0 Å². The zero-order valence-corrected chi connectivity index (χ0v) is 12.4. The molecule has 21 heavy (non-hydrogen) atoms. The van der Waals surface area contributed by atoms with E-state index in [1.807, 2.05) is 24.3 Å². The molecule has 1 amide bonds. The summed E-state index contributed by atoms with van der Waals surface area (Å²) in [5.41, 5.74) is 9.28. The van der Waals surface area contributed by atoms with E-state index in [2.05, 4.69) is 29.7 Å². The standard InChI is InChI=1S/C17H21N3O/c1-12(13-6-4-3-5-7-13)11-20-16-9-8-14(10-15(16)18)17(21)19-2/h3-10,12,20H,11,18H2,1-2H3,(H,19,21). The van der Waals surface area contributed by atoms with Crippen LogP contribution >= 0.6 is 0 Å². The van der Waals surface area contributed by atoms with Crippen LogP contribution < -0.4 is 16.4 Å². The summed E-state index contributed by atoms with van der Waals surface area (Å²) in [4.78, 5) is 11.5. The van der Waals surface area contributed by atoms with Gasteiger partial charge < -0.3 is 16.4 Å². The highest BCUT2D eigenvalue weighted by molar-refractivity contribution is 5.95. The number of nitrogen functional groups attached to an aromatic ring is 1. The molecule has 0 aromatic heterocycles. The fraction of sp³-hybridized carbons (Fsp3) is 0.235. The van der Waals surface area contributed by atoms with Crippen molar-refractivity contribution in [3.63, 3.8) is 0 Å². The fourth-order valence-electron chi connectivity index (χ4n) is 2.17. The first-order valence-electron chi connectivity index (χ1n) is 7.02. The molecule has 2 aromatic rings. The summed E-state index contributed by atoms with van der Waals surface area (Å²) in [5, 5.41) is 5.92. The SMILES string of the molecule is CNC(=O)c1ccc(NCC(C)c2ccccc2)c(N)c1. The summed E-state index contributed by atoms with van der Waals surface area (Å²) in [6.45, 7) is 2.95. The van der Waals surface area contributed by atoms with Crippen LogP contribution in [-0.4, -0.2) is 19.5 Å². The van der Waals surface area contributed by atoms with E-state index >= 15 is 0 Å². The molecule has 0 aliphatic carbocycles. The maximum atomic E-state index is 11.5. The van der Waals surface area contributed by atoms with Crippen LogP contribution in [0.4, 0.5) is 11.4 Å². The molecule has 0 heterocycles. The Kier molecular flexibility index (Phi) is 4.82. The van der Waals surface area contributed by atoms with Crippen molar-refractivity contribution in [1.29, 1.82) is 0 Å². The Morgan fingerprint density at radius 3 is 2.52 bits per heavy atom. The Morgan fingerprint density at radius 1 is 1.19 bits per heavy atom. The highest BCUT2D eigenvalue weighted by atomic mass is 16.1. The van der Waals surface area contributed by atoms with E-state index in [0.717, 1.165) is 12.2 Å². The average molecular weight is 283 g/mol. The lowest BCUT2D eigenvalue weighted by atomic mass is 10.0. The summed E-state index contributed by atoms with van der Waals surface area (Å²) < 4.78 is 0. The van der Waals surface area contributed by atoms with Crippen molar-refractivity contribution in [2.75, 3.05) is 24.6 Å². The van der Waals surface area contributed by atoms with E-state index < -0.39 is 0 Å². The third kappa shape index (κ3) is 3.75. The first kappa shape index (κ1) is 14.9. The molecule has 1 atom stereocenters. The number of hydrogen-bond donors (Lipinski definition) is 3. The van der Waals surface area contributed by atoms with E-state index in [1.54, 1.807) is 19.2 Å². The highest BCUT2D eigenvalue weighted by Gasteiger charge is 2.08. The largest absolute Gasteiger partial charge is 0.397 e. The van der Waals surface area contributed by atoms with Crippen molar-refractivity contribution in [3.05, 3.63) is 59.7 Å². The smallest absolute Gasteiger partial charge is 0.251 e. The summed E-state index contributed by atoms with van der Waals surface area (Å²) in [6.07, 6.45) is 0. The minimum absolute atomic E-state index is 0.133. The number of carbonyl (C=O) groups is 1. The molecular weight excluding hydrogens is 262 g/mol. The molecule has 4 heteroatoms. The Morgan fingerprint density at radius 2 is 1.90 bits per heavy atom. The number of anilines is 2. The average Bonchev–Trinajstić information content (AvgIpc) is 2.53. The molecule has 1 unspecified atom stereocenters. The predicted octanol–water partition coefficient (Wildman–Crippen LogP) is 2.84. The topological polar surface area (TPSA) is 67.2 Å². The van der Waals surface area contributed by atoms with Gasteiger partial charge in [0.1, 0.15) is 0 Å². The molecule has 2 rings (SSSR count). The zero-order chi connectivity index (χ0) is 15.2. The number of rotatable bonds is 5. The van der Waals surface area contributed by atoms with Crippen LogP contribution in [-0.2, 0) is 0 Å². The van der Waals surface area contributed by atoms with Gasteiger partial charge in [-0.1, -0.05) is 37.3 Å². The van der Waals surface area contributed by atoms with Gasteiger partial charge >= 0.3 is 0 Å². The molecule has 0 spiro atoms. The second kappa shape index (κ2) is 6.79. The summed E-state index contributed by atoms with van der Waals surface area (Å²) >= 11 is 0. The molecule has 4 nitrogen and oxygen atoms in total. The minimum Gasteiger partial charge on any atom is -0.397 e. The maximum absolute atomic E-state index is 11.5. The second-order valence-electron chi connectivity index (χ2n) is 5.07. The summed E-state index contributed by atoms with van der Waals surface area (Å²) in [7, 11) is 1.60. The monoisotopic (exact) mass is 283 g/mol. The maximum Gasteiger partial charge on any atom is 0.251 e. The summed E-state index contributed by atoms with van der Waals surface area (Å²) in [5.74, 6) is 0.245. The Bertz CT molecular complexity index is 611. The van der Waals surface area contributed by atoms with E-state index in [-0.39, 0.29) is 5.91 Å². The van der Waals surface area contributed by atoms with Crippen molar-refractivity contribution in [2.24, 2.45) is 0 Å². The lowest BCUT2D eigenvalue weighted by Gasteiger charge is -2.15. The lowest BCUT2D eigenvalue weighted by Crippen LogP contribution is -2.18. The van der Waals surface area contributed by atoms with Crippen molar-refractivity contribution < 1.29 is 4.79 Å². The van der Waals surface area contributed by atoms with Gasteiger partial charge in [0.05, 0.1) is 11.4 Å². The van der Waals surface area contributed by atoms with Crippen molar-refractivity contribution in [1.82, 2.24) is 5.32 Å². The van der Waals surface area contributed by atoms with Gasteiger partial charge in [-0.25, -0.2) is 0 Å². The van der Waals surface area contributed by atoms with Crippen LogP contribution in [0.15, 0.2) is 48.5 Å². The van der Waals surface area contributed by atoms with Gasteiger partial charge in [-0.3, -0.25) is 4.79 Å². The van der Waals surface area contributed by atoms with Crippen LogP contribution in [0.3, 0.4) is 0 Å². The van der Waals surface area contributed by atoms with E-state index in [1.165, 1.54) is 5.56 Å². The van der Waals surface area contributed by atoms with E-state index in [0.29, 0.717) is 17.2 Å². The predicted molar refractivity (Wildman–Crippen MR) is 87.6 cm³/mol. The normalized spacial score (nSPS) is 11.7. The third-order valence-corrected chi connectivity index (χ3v) is 3.51. The Hall–Kier alpha value is -2.49. The number of amides is 1. The molecule has 0 saturated carbocycles. The summed E-state index contributed by atoms with van der Waals surface area (Å²) in [6, 6.07) is 15.6. The number of nitrogens with one attached hydrogen (secondary N) is 2. The first-order chi connectivity index (χ1) is 10.1. The molecular formula is C17H21N3O. The van der Waals surface area contributed by atoms with Crippen LogP contribution in [0, 0.1) is 0 Å². The van der Waals surface area contributed by atoms with Crippen molar-refractivity contribution in [3.8, 4) is 0 Å². The number of hydrogen-bond acceptors (Lipinski definition) is 3. The molecule has 0 aliphatic heterocycles. The van der Waals surface area contributed by atoms with Crippen LogP contribution in [0.5, 0.6) is 0 Å². The lowest BCUT2D eigenvalue weighted by molar-refractivity contribution is 0.0963. The van der Waals surface area contributed by atoms with Crippen molar-refractivity contribution >= 4 is 17.3 Å². The fourth-order valence-corrected chi connectivity index (χ4v) is 2.17. The molecule has 0 radical (unpaired) electrons. The molecule has 4 N–H and O–H groups in total. The second-order valence-corrected chi connectivity index (χ2v) is 5.07. The van der Waals surface area contributed by atoms with Gasteiger partial charge in [0, 0.05) is 19.2 Å². The highest BCUT2D eigenvalue weighted by Crippen LogP contribution is 2.22. The number of carbonyl (C=O) groups excluding carboxylic acids is 1. The van der Waals surface area contributed by atoms with Crippen LogP contribution in [0.25, 0.3) is 0 Å². The molecule has 2 aromatic carbocycles. The van der Waals surface area contributed by atoms with Gasteiger partial charge in [-0.05, 0) is 29.7 Å². The van der Waals surface area contributed by atoms with Crippen molar-refractivity contribution in [2.45, 2.75) is 12.8 Å². The molecule has 0 fully saturated rings.